The molecule has 1 aromatic carbocycles. The molecule has 0 unspecified atom stereocenters. The van der Waals surface area contributed by atoms with E-state index in [4.69, 9.17) is 15.4 Å². The van der Waals surface area contributed by atoms with Crippen molar-refractivity contribution in [3.8, 4) is 5.75 Å². The maximum absolute atomic E-state index is 5.15. The number of ether oxygens (including phenoxy) is 2. The first-order valence-electron chi connectivity index (χ1n) is 4.28. The van der Waals surface area contributed by atoms with Crippen LogP contribution in [0.2, 0.25) is 0 Å². The molecular formula is C10H15NO3. The Balaban J connectivity index is 2.88. The molecule has 0 aliphatic carbocycles. The topological polar surface area (TPSA) is 53.7 Å². The Morgan fingerprint density at radius 1 is 1.21 bits per heavy atom. The largest absolute Gasteiger partial charge is 0.496 e. The van der Waals surface area contributed by atoms with Crippen LogP contribution in [0.15, 0.2) is 18.2 Å². The molecular weight excluding hydrogens is 182 g/mol. The van der Waals surface area contributed by atoms with Crippen molar-refractivity contribution >= 4 is 0 Å². The van der Waals surface area contributed by atoms with Crippen LogP contribution in [0.5, 0.6) is 5.75 Å². The lowest BCUT2D eigenvalue weighted by Gasteiger charge is -2.09. The summed E-state index contributed by atoms with van der Waals surface area (Å²) in [6.07, 6.45) is 0. The van der Waals surface area contributed by atoms with Crippen LogP contribution >= 0.6 is 0 Å². The number of benzene rings is 1. The first-order chi connectivity index (χ1) is 6.81. The standard InChI is InChI=1S/C10H15NO3/c1-12-6-8-3-4-10(13-2)9(5-8)7-14-11/h3-5H,6-7,11H2,1-2H3. The molecule has 1 rings (SSSR count). The van der Waals surface area contributed by atoms with E-state index in [-0.39, 0.29) is 0 Å². The first kappa shape index (κ1) is 11.0. The number of hydrogen-bond acceptors (Lipinski definition) is 4. The molecule has 0 bridgehead atoms. The summed E-state index contributed by atoms with van der Waals surface area (Å²) in [6.45, 7) is 0.905. The fourth-order valence-electron chi connectivity index (χ4n) is 1.29. The van der Waals surface area contributed by atoms with E-state index in [1.807, 2.05) is 18.2 Å². The second kappa shape index (κ2) is 5.59. The SMILES string of the molecule is COCc1ccc(OC)c(CON)c1. The van der Waals surface area contributed by atoms with Gasteiger partial charge in [0.2, 0.25) is 0 Å². The van der Waals surface area contributed by atoms with Crippen molar-refractivity contribution < 1.29 is 14.3 Å². The molecule has 0 radical (unpaired) electrons. The summed E-state index contributed by atoms with van der Waals surface area (Å²) in [4.78, 5) is 4.58. The predicted molar refractivity (Wildman–Crippen MR) is 52.7 cm³/mol. The van der Waals surface area contributed by atoms with E-state index in [1.54, 1.807) is 14.2 Å². The van der Waals surface area contributed by atoms with Crippen LogP contribution in [0.4, 0.5) is 0 Å². The molecule has 14 heavy (non-hydrogen) atoms. The lowest BCUT2D eigenvalue weighted by molar-refractivity contribution is 0.121. The Bertz CT molecular complexity index is 289. The van der Waals surface area contributed by atoms with Crippen molar-refractivity contribution in [2.45, 2.75) is 13.2 Å². The molecule has 0 saturated carbocycles. The first-order valence-corrected chi connectivity index (χ1v) is 4.28. The fraction of sp³-hybridized carbons (Fsp3) is 0.400. The van der Waals surface area contributed by atoms with E-state index in [2.05, 4.69) is 4.84 Å². The van der Waals surface area contributed by atoms with Crippen LogP contribution in [-0.2, 0) is 22.8 Å². The fourth-order valence-corrected chi connectivity index (χ4v) is 1.29. The Labute approximate surface area is 83.5 Å². The van der Waals surface area contributed by atoms with Crippen LogP contribution in [0.1, 0.15) is 11.1 Å². The van der Waals surface area contributed by atoms with Crippen molar-refractivity contribution in [1.82, 2.24) is 0 Å². The van der Waals surface area contributed by atoms with Gasteiger partial charge in [-0.25, -0.2) is 5.90 Å². The Hall–Kier alpha value is -1.10. The molecule has 0 amide bonds. The van der Waals surface area contributed by atoms with Crippen LogP contribution in [0.25, 0.3) is 0 Å². The highest BCUT2D eigenvalue weighted by molar-refractivity contribution is 5.36. The molecule has 0 saturated heterocycles. The molecule has 1 aromatic rings. The molecule has 0 spiro atoms. The molecule has 0 atom stereocenters. The third-order valence-corrected chi connectivity index (χ3v) is 1.89. The van der Waals surface area contributed by atoms with E-state index < -0.39 is 0 Å². The van der Waals surface area contributed by atoms with Gasteiger partial charge in [0.15, 0.2) is 0 Å². The summed E-state index contributed by atoms with van der Waals surface area (Å²) in [5.41, 5.74) is 1.99. The number of rotatable bonds is 5. The summed E-state index contributed by atoms with van der Waals surface area (Å²) in [5.74, 6) is 5.79. The van der Waals surface area contributed by atoms with Gasteiger partial charge in [-0.2, -0.15) is 0 Å². The van der Waals surface area contributed by atoms with E-state index in [0.29, 0.717) is 13.2 Å². The van der Waals surface area contributed by atoms with E-state index >= 15 is 0 Å². The van der Waals surface area contributed by atoms with Gasteiger partial charge in [-0.05, 0) is 17.7 Å². The summed E-state index contributed by atoms with van der Waals surface area (Å²) in [6, 6.07) is 5.78. The monoisotopic (exact) mass is 197 g/mol. The highest BCUT2D eigenvalue weighted by Crippen LogP contribution is 2.20. The predicted octanol–water partition coefficient (Wildman–Crippen LogP) is 1.23. The zero-order chi connectivity index (χ0) is 10.4. The molecule has 2 N–H and O–H groups in total. The summed E-state index contributed by atoms with van der Waals surface area (Å²) in [7, 11) is 3.27. The number of hydrogen-bond donors (Lipinski definition) is 1. The lowest BCUT2D eigenvalue weighted by atomic mass is 10.1. The maximum atomic E-state index is 5.15. The van der Waals surface area contributed by atoms with Gasteiger partial charge in [0, 0.05) is 12.7 Å². The van der Waals surface area contributed by atoms with Gasteiger partial charge in [0.25, 0.3) is 0 Å². The van der Waals surface area contributed by atoms with E-state index in [0.717, 1.165) is 16.9 Å². The van der Waals surface area contributed by atoms with Crippen LogP contribution in [-0.4, -0.2) is 14.2 Å². The second-order valence-corrected chi connectivity index (χ2v) is 2.89. The minimum Gasteiger partial charge on any atom is -0.496 e. The summed E-state index contributed by atoms with van der Waals surface area (Å²) >= 11 is 0. The highest BCUT2D eigenvalue weighted by Gasteiger charge is 2.03. The third-order valence-electron chi connectivity index (χ3n) is 1.89. The zero-order valence-electron chi connectivity index (χ0n) is 8.45. The summed E-state index contributed by atoms with van der Waals surface area (Å²) < 4.78 is 10.2. The highest BCUT2D eigenvalue weighted by atomic mass is 16.6. The van der Waals surface area contributed by atoms with Gasteiger partial charge >= 0.3 is 0 Å². The van der Waals surface area contributed by atoms with Gasteiger partial charge in [-0.3, -0.25) is 4.84 Å². The molecule has 0 aliphatic heterocycles. The summed E-state index contributed by atoms with van der Waals surface area (Å²) in [5, 5.41) is 0. The van der Waals surface area contributed by atoms with Gasteiger partial charge in [-0.15, -0.1) is 0 Å². The average Bonchev–Trinajstić information content (AvgIpc) is 2.19. The smallest absolute Gasteiger partial charge is 0.124 e. The maximum Gasteiger partial charge on any atom is 0.124 e. The third kappa shape index (κ3) is 2.70. The molecule has 4 nitrogen and oxygen atoms in total. The second-order valence-electron chi connectivity index (χ2n) is 2.89. The Morgan fingerprint density at radius 2 is 2.00 bits per heavy atom. The molecule has 0 heterocycles. The van der Waals surface area contributed by atoms with Crippen molar-refractivity contribution in [1.29, 1.82) is 0 Å². The van der Waals surface area contributed by atoms with Crippen molar-refractivity contribution in [3.05, 3.63) is 29.3 Å². The van der Waals surface area contributed by atoms with Crippen LogP contribution < -0.4 is 10.6 Å². The van der Waals surface area contributed by atoms with Crippen LogP contribution in [0, 0.1) is 0 Å². The number of methoxy groups -OCH3 is 2. The average molecular weight is 197 g/mol. The van der Waals surface area contributed by atoms with Crippen molar-refractivity contribution in [2.24, 2.45) is 5.90 Å². The molecule has 0 aromatic heterocycles. The molecule has 78 valence electrons. The van der Waals surface area contributed by atoms with Gasteiger partial charge < -0.3 is 9.47 Å². The minimum absolute atomic E-state index is 0.334. The normalized spacial score (nSPS) is 10.2. The van der Waals surface area contributed by atoms with Crippen molar-refractivity contribution in [3.63, 3.8) is 0 Å². The Morgan fingerprint density at radius 3 is 2.57 bits per heavy atom. The zero-order valence-corrected chi connectivity index (χ0v) is 8.45. The van der Waals surface area contributed by atoms with Gasteiger partial charge in [0.1, 0.15) is 5.75 Å². The Kier molecular flexibility index (Phi) is 4.39. The number of nitrogens with two attached hydrogens (primary N) is 1. The van der Waals surface area contributed by atoms with Gasteiger partial charge in [-0.1, -0.05) is 6.07 Å². The quantitative estimate of drug-likeness (QED) is 0.721. The van der Waals surface area contributed by atoms with E-state index in [1.165, 1.54) is 0 Å². The molecule has 0 aliphatic rings. The van der Waals surface area contributed by atoms with E-state index in [9.17, 15) is 0 Å². The van der Waals surface area contributed by atoms with Gasteiger partial charge in [0.05, 0.1) is 20.3 Å². The van der Waals surface area contributed by atoms with Crippen molar-refractivity contribution in [2.75, 3.05) is 14.2 Å². The molecule has 4 heteroatoms. The minimum atomic E-state index is 0.334. The van der Waals surface area contributed by atoms with Crippen LogP contribution in [0.3, 0.4) is 0 Å². The molecule has 0 fully saturated rings. The lowest BCUT2D eigenvalue weighted by Crippen LogP contribution is -2.02.